The van der Waals surface area contributed by atoms with E-state index >= 15 is 0 Å². The van der Waals surface area contributed by atoms with Gasteiger partial charge in [0.25, 0.3) is 0 Å². The normalized spacial score (nSPS) is 10.9. The number of nitrogens with two attached hydrogens (primary N) is 1. The third kappa shape index (κ3) is 1.77. The number of nitrogens with one attached hydrogen (secondary N) is 1. The molecule has 0 saturated carbocycles. The minimum Gasteiger partial charge on any atom is -0.389 e. The van der Waals surface area contributed by atoms with Crippen LogP contribution >= 0.6 is 23.3 Å². The van der Waals surface area contributed by atoms with Crippen LogP contribution in [0.25, 0.3) is 11.0 Å². The van der Waals surface area contributed by atoms with E-state index in [0.29, 0.717) is 16.2 Å². The highest BCUT2D eigenvalue weighted by Gasteiger charge is 2.12. The van der Waals surface area contributed by atoms with E-state index in [1.807, 2.05) is 0 Å². The highest BCUT2D eigenvalue weighted by Crippen LogP contribution is 2.32. The van der Waals surface area contributed by atoms with E-state index in [4.69, 9.17) is 21.8 Å². The molecule has 0 bridgehead atoms. The minimum atomic E-state index is -0.0211. The van der Waals surface area contributed by atoms with Crippen molar-refractivity contribution >= 4 is 52.1 Å². The molecule has 9 heteroatoms. The van der Waals surface area contributed by atoms with E-state index < -0.39 is 0 Å². The van der Waals surface area contributed by atoms with Crippen molar-refractivity contribution in [2.24, 2.45) is 0 Å². The zero-order chi connectivity index (χ0) is 11.8. The summed E-state index contributed by atoms with van der Waals surface area (Å²) in [6, 6.07) is 3.64. The van der Waals surface area contributed by atoms with Crippen LogP contribution in [0.2, 0.25) is 5.02 Å². The molecule has 0 radical (unpaired) electrons. The lowest BCUT2D eigenvalue weighted by Gasteiger charge is -2.03. The molecule has 86 valence electrons. The lowest BCUT2D eigenvalue weighted by Crippen LogP contribution is -1.93. The van der Waals surface area contributed by atoms with Gasteiger partial charge in [0, 0.05) is 0 Å². The number of aromatic nitrogens is 4. The van der Waals surface area contributed by atoms with Gasteiger partial charge in [0.05, 0.1) is 22.4 Å². The molecule has 3 aromatic rings. The smallest absolute Gasteiger partial charge is 0.321 e. The maximum atomic E-state index is 6.07. The van der Waals surface area contributed by atoms with E-state index in [2.05, 4.69) is 24.3 Å². The second-order valence-electron chi connectivity index (χ2n) is 3.12. The number of hydrogen-bond acceptors (Lipinski definition) is 8. The van der Waals surface area contributed by atoms with Crippen molar-refractivity contribution < 1.29 is 4.42 Å². The molecule has 7 nitrogen and oxygen atoms in total. The van der Waals surface area contributed by atoms with Gasteiger partial charge in [-0.05, 0) is 12.1 Å². The standard InChI is InChI=1S/C8H5ClN6OS/c9-3-1-2-4-6(15-17-14-4)5(3)11-8-13-12-7(10)16-8/h1-2H,(H2,10,12)(H,11,13). The van der Waals surface area contributed by atoms with Gasteiger partial charge in [-0.2, -0.15) is 8.75 Å². The van der Waals surface area contributed by atoms with E-state index in [9.17, 15) is 0 Å². The molecule has 0 unspecified atom stereocenters. The second kappa shape index (κ2) is 3.82. The third-order valence-corrected chi connectivity index (χ3v) is 2.91. The lowest BCUT2D eigenvalue weighted by molar-refractivity contribution is 0.593. The third-order valence-electron chi connectivity index (χ3n) is 2.05. The topological polar surface area (TPSA) is 103 Å². The summed E-state index contributed by atoms with van der Waals surface area (Å²) >= 11 is 7.17. The number of halogens is 1. The fourth-order valence-electron chi connectivity index (χ4n) is 1.34. The Kier molecular flexibility index (Phi) is 2.30. The van der Waals surface area contributed by atoms with Crippen LogP contribution in [0.15, 0.2) is 16.5 Å². The molecule has 0 saturated heterocycles. The van der Waals surface area contributed by atoms with Crippen molar-refractivity contribution in [3.63, 3.8) is 0 Å². The van der Waals surface area contributed by atoms with Crippen LogP contribution in [0.1, 0.15) is 0 Å². The molecule has 1 aromatic carbocycles. The van der Waals surface area contributed by atoms with Gasteiger partial charge in [0.1, 0.15) is 11.0 Å². The first-order valence-electron chi connectivity index (χ1n) is 4.51. The van der Waals surface area contributed by atoms with Gasteiger partial charge >= 0.3 is 12.0 Å². The highest BCUT2D eigenvalue weighted by atomic mass is 35.5. The highest BCUT2D eigenvalue weighted by molar-refractivity contribution is 7.00. The maximum Gasteiger partial charge on any atom is 0.321 e. The molecule has 0 aliphatic rings. The van der Waals surface area contributed by atoms with Gasteiger partial charge in [-0.15, -0.1) is 0 Å². The van der Waals surface area contributed by atoms with Crippen LogP contribution in [0.3, 0.4) is 0 Å². The van der Waals surface area contributed by atoms with E-state index in [-0.39, 0.29) is 12.0 Å². The maximum absolute atomic E-state index is 6.07. The Morgan fingerprint density at radius 3 is 2.94 bits per heavy atom. The number of benzene rings is 1. The molecule has 0 fully saturated rings. The summed E-state index contributed by atoms with van der Waals surface area (Å²) in [6.07, 6.45) is 0. The Morgan fingerprint density at radius 1 is 1.29 bits per heavy atom. The Balaban J connectivity index is 2.09. The summed E-state index contributed by atoms with van der Waals surface area (Å²) < 4.78 is 13.3. The molecule has 3 rings (SSSR count). The van der Waals surface area contributed by atoms with Crippen LogP contribution in [0.4, 0.5) is 17.7 Å². The van der Waals surface area contributed by atoms with Gasteiger partial charge in [-0.25, -0.2) is 0 Å². The van der Waals surface area contributed by atoms with E-state index in [1.54, 1.807) is 12.1 Å². The Bertz CT molecular complexity index is 680. The first-order chi connectivity index (χ1) is 8.24. The Labute approximate surface area is 104 Å². The number of nitrogen functional groups attached to an aromatic ring is 1. The molecule has 3 N–H and O–H groups in total. The Morgan fingerprint density at radius 2 is 2.18 bits per heavy atom. The van der Waals surface area contributed by atoms with Gasteiger partial charge in [-0.1, -0.05) is 21.8 Å². The molecular weight excluding hydrogens is 264 g/mol. The molecule has 0 aliphatic heterocycles. The number of rotatable bonds is 2. The van der Waals surface area contributed by atoms with Gasteiger partial charge in [0.2, 0.25) is 0 Å². The fraction of sp³-hybridized carbons (Fsp3) is 0. The second-order valence-corrected chi connectivity index (χ2v) is 4.06. The predicted molar refractivity (Wildman–Crippen MR) is 64.4 cm³/mol. The van der Waals surface area contributed by atoms with Crippen molar-refractivity contribution in [2.45, 2.75) is 0 Å². The van der Waals surface area contributed by atoms with Gasteiger partial charge in [0.15, 0.2) is 0 Å². The zero-order valence-corrected chi connectivity index (χ0v) is 9.79. The predicted octanol–water partition coefficient (Wildman–Crippen LogP) is 2.05. The SMILES string of the molecule is Nc1nnc(Nc2c(Cl)ccc3nsnc23)o1. The first-order valence-corrected chi connectivity index (χ1v) is 5.61. The van der Waals surface area contributed by atoms with Crippen molar-refractivity contribution in [1.82, 2.24) is 18.9 Å². The average Bonchev–Trinajstić information content (AvgIpc) is 2.91. The number of fused-ring (bicyclic) bond motifs is 1. The minimum absolute atomic E-state index is 0.0211. The van der Waals surface area contributed by atoms with Crippen molar-refractivity contribution in [2.75, 3.05) is 11.1 Å². The summed E-state index contributed by atoms with van der Waals surface area (Å²) in [5.74, 6) is 0. The van der Waals surface area contributed by atoms with Crippen LogP contribution in [0.5, 0.6) is 0 Å². The largest absolute Gasteiger partial charge is 0.389 e. The molecule has 0 spiro atoms. The summed E-state index contributed by atoms with van der Waals surface area (Å²) in [7, 11) is 0. The molecule has 2 aromatic heterocycles. The van der Waals surface area contributed by atoms with Crippen molar-refractivity contribution in [3.05, 3.63) is 17.2 Å². The summed E-state index contributed by atoms with van der Waals surface area (Å²) in [5, 5.41) is 10.6. The van der Waals surface area contributed by atoms with Crippen molar-refractivity contribution in [1.29, 1.82) is 0 Å². The number of anilines is 3. The average molecular weight is 269 g/mol. The monoisotopic (exact) mass is 268 g/mol. The lowest BCUT2D eigenvalue weighted by atomic mass is 10.2. The fourth-order valence-corrected chi connectivity index (χ4v) is 2.08. The molecule has 0 amide bonds. The van der Waals surface area contributed by atoms with Crippen molar-refractivity contribution in [3.8, 4) is 0 Å². The van der Waals surface area contributed by atoms with Crippen LogP contribution in [-0.4, -0.2) is 18.9 Å². The van der Waals surface area contributed by atoms with E-state index in [1.165, 1.54) is 0 Å². The molecule has 0 atom stereocenters. The van der Waals surface area contributed by atoms with Gasteiger partial charge in [-0.3, -0.25) is 0 Å². The molecule has 0 aliphatic carbocycles. The quantitative estimate of drug-likeness (QED) is 0.733. The number of nitrogens with zero attached hydrogens (tertiary/aromatic N) is 4. The number of hydrogen-bond donors (Lipinski definition) is 2. The summed E-state index contributed by atoms with van der Waals surface area (Å²) in [6.45, 7) is 0. The molecule has 2 heterocycles. The van der Waals surface area contributed by atoms with E-state index in [0.717, 1.165) is 17.2 Å². The van der Waals surface area contributed by atoms with Crippen LogP contribution < -0.4 is 11.1 Å². The van der Waals surface area contributed by atoms with Gasteiger partial charge < -0.3 is 15.5 Å². The first kappa shape index (κ1) is 10.2. The zero-order valence-electron chi connectivity index (χ0n) is 8.22. The van der Waals surface area contributed by atoms with Crippen LogP contribution in [-0.2, 0) is 0 Å². The molecular formula is C8H5ClN6OS. The molecule has 17 heavy (non-hydrogen) atoms. The van der Waals surface area contributed by atoms with Crippen LogP contribution in [0, 0.1) is 0 Å². The Hall–Kier alpha value is -1.93. The summed E-state index contributed by atoms with van der Waals surface area (Å²) in [4.78, 5) is 0. The summed E-state index contributed by atoms with van der Waals surface area (Å²) in [5.41, 5.74) is 7.29.